The lowest BCUT2D eigenvalue weighted by molar-refractivity contribution is 0.100. The zero-order valence-electron chi connectivity index (χ0n) is 10.1. The van der Waals surface area contributed by atoms with Crippen LogP contribution < -0.4 is 16.8 Å². The van der Waals surface area contributed by atoms with Crippen LogP contribution in [0.15, 0.2) is 30.6 Å². The van der Waals surface area contributed by atoms with Crippen LogP contribution in [0.2, 0.25) is 0 Å². The number of imidazole rings is 1. The second kappa shape index (κ2) is 4.79. The van der Waals surface area contributed by atoms with Gasteiger partial charge in [0.1, 0.15) is 5.82 Å². The molecule has 0 saturated carbocycles. The number of hydrogen-bond donors (Lipinski definition) is 3. The Morgan fingerprint density at radius 3 is 2.89 bits per heavy atom. The fourth-order valence-corrected chi connectivity index (χ4v) is 1.66. The van der Waals surface area contributed by atoms with E-state index in [0.29, 0.717) is 23.5 Å². The summed E-state index contributed by atoms with van der Waals surface area (Å²) in [6, 6.07) is 5.01. The number of benzene rings is 1. The topological polar surface area (TPSA) is 99.0 Å². The number of nitrogens with one attached hydrogen (secondary N) is 1. The molecule has 1 heterocycles. The number of hydrogen-bond acceptors (Lipinski definition) is 4. The third kappa shape index (κ3) is 2.42. The number of nitrogens with zero attached hydrogens (tertiary/aromatic N) is 2. The van der Waals surface area contributed by atoms with Crippen molar-refractivity contribution in [2.75, 3.05) is 11.1 Å². The van der Waals surface area contributed by atoms with Gasteiger partial charge >= 0.3 is 0 Å². The fraction of sp³-hybridized carbons (Fsp3) is 0.167. The van der Waals surface area contributed by atoms with Crippen LogP contribution in [0.25, 0.3) is 0 Å². The Hall–Kier alpha value is -2.50. The molecule has 0 fully saturated rings. The van der Waals surface area contributed by atoms with Gasteiger partial charge in [-0.15, -0.1) is 0 Å². The van der Waals surface area contributed by atoms with E-state index < -0.39 is 5.91 Å². The van der Waals surface area contributed by atoms with Crippen molar-refractivity contribution >= 4 is 17.3 Å². The second-order valence-electron chi connectivity index (χ2n) is 3.98. The smallest absolute Gasteiger partial charge is 0.250 e. The molecule has 6 heteroatoms. The Bertz CT molecular complexity index is 576. The van der Waals surface area contributed by atoms with Crippen LogP contribution in [0.4, 0.5) is 11.4 Å². The molecule has 1 aromatic heterocycles. The molecule has 0 bridgehead atoms. The molecule has 0 saturated heterocycles. The van der Waals surface area contributed by atoms with E-state index in [-0.39, 0.29) is 0 Å². The Kier molecular flexibility index (Phi) is 3.18. The van der Waals surface area contributed by atoms with Crippen LogP contribution in [0.5, 0.6) is 0 Å². The van der Waals surface area contributed by atoms with Gasteiger partial charge in [-0.05, 0) is 18.2 Å². The minimum absolute atomic E-state index is 0.379. The molecule has 5 N–H and O–H groups in total. The van der Waals surface area contributed by atoms with Crippen molar-refractivity contribution in [2.24, 2.45) is 12.8 Å². The van der Waals surface area contributed by atoms with Crippen molar-refractivity contribution in [3.63, 3.8) is 0 Å². The van der Waals surface area contributed by atoms with Crippen molar-refractivity contribution in [1.29, 1.82) is 0 Å². The maximum Gasteiger partial charge on any atom is 0.250 e. The number of anilines is 2. The molecule has 0 unspecified atom stereocenters. The van der Waals surface area contributed by atoms with E-state index in [2.05, 4.69) is 10.3 Å². The molecule has 2 aromatic rings. The fourth-order valence-electron chi connectivity index (χ4n) is 1.66. The molecule has 6 nitrogen and oxygen atoms in total. The van der Waals surface area contributed by atoms with Gasteiger partial charge in [0.2, 0.25) is 0 Å². The molecule has 0 spiro atoms. The highest BCUT2D eigenvalue weighted by Gasteiger charge is 2.09. The van der Waals surface area contributed by atoms with Crippen molar-refractivity contribution in [3.05, 3.63) is 42.0 Å². The minimum Gasteiger partial charge on any atom is -0.399 e. The summed E-state index contributed by atoms with van der Waals surface area (Å²) in [5, 5.41) is 3.13. The Labute approximate surface area is 105 Å². The van der Waals surface area contributed by atoms with Crippen LogP contribution in [0.3, 0.4) is 0 Å². The van der Waals surface area contributed by atoms with E-state index >= 15 is 0 Å². The molecule has 0 atom stereocenters. The minimum atomic E-state index is -0.510. The monoisotopic (exact) mass is 245 g/mol. The molecule has 0 aliphatic heterocycles. The summed E-state index contributed by atoms with van der Waals surface area (Å²) in [7, 11) is 1.90. The Morgan fingerprint density at radius 1 is 1.50 bits per heavy atom. The second-order valence-corrected chi connectivity index (χ2v) is 3.98. The van der Waals surface area contributed by atoms with E-state index in [1.54, 1.807) is 24.4 Å². The number of primary amides is 1. The first-order chi connectivity index (χ1) is 8.58. The lowest BCUT2D eigenvalue weighted by atomic mass is 10.1. The Balaban J connectivity index is 2.19. The highest BCUT2D eigenvalue weighted by atomic mass is 16.1. The Morgan fingerprint density at radius 2 is 2.28 bits per heavy atom. The summed E-state index contributed by atoms with van der Waals surface area (Å²) in [5.74, 6) is 0.354. The third-order valence-electron chi connectivity index (χ3n) is 2.67. The zero-order valence-corrected chi connectivity index (χ0v) is 10.1. The predicted molar refractivity (Wildman–Crippen MR) is 69.9 cm³/mol. The lowest BCUT2D eigenvalue weighted by Gasteiger charge is -2.10. The molecule has 0 aliphatic carbocycles. The highest BCUT2D eigenvalue weighted by molar-refractivity contribution is 5.99. The van der Waals surface area contributed by atoms with Crippen LogP contribution in [0.1, 0.15) is 16.2 Å². The van der Waals surface area contributed by atoms with Crippen LogP contribution >= 0.6 is 0 Å². The first-order valence-electron chi connectivity index (χ1n) is 5.47. The number of aryl methyl sites for hydroxylation is 1. The number of nitrogen functional groups attached to an aromatic ring is 1. The summed E-state index contributed by atoms with van der Waals surface area (Å²) in [5.41, 5.74) is 12.5. The normalized spacial score (nSPS) is 10.3. The van der Waals surface area contributed by atoms with Gasteiger partial charge in [0, 0.05) is 30.8 Å². The molecular weight excluding hydrogens is 230 g/mol. The first-order valence-corrected chi connectivity index (χ1v) is 5.47. The molecule has 0 radical (unpaired) electrons. The largest absolute Gasteiger partial charge is 0.399 e. The van der Waals surface area contributed by atoms with Gasteiger partial charge in [-0.2, -0.15) is 0 Å². The van der Waals surface area contributed by atoms with E-state index in [1.807, 2.05) is 17.8 Å². The summed E-state index contributed by atoms with van der Waals surface area (Å²) < 4.78 is 1.90. The lowest BCUT2D eigenvalue weighted by Crippen LogP contribution is -2.15. The van der Waals surface area contributed by atoms with Crippen LogP contribution in [-0.4, -0.2) is 15.5 Å². The zero-order chi connectivity index (χ0) is 13.1. The highest BCUT2D eigenvalue weighted by Crippen LogP contribution is 2.19. The van der Waals surface area contributed by atoms with Gasteiger partial charge in [-0.1, -0.05) is 0 Å². The SMILES string of the molecule is Cn1ccnc1CNc1ccc(N)cc1C(N)=O. The quantitative estimate of drug-likeness (QED) is 0.691. The number of carbonyl (C=O) groups excluding carboxylic acids is 1. The maximum absolute atomic E-state index is 11.3. The van der Waals surface area contributed by atoms with E-state index in [4.69, 9.17) is 11.5 Å². The van der Waals surface area contributed by atoms with Gasteiger partial charge in [0.05, 0.1) is 12.1 Å². The van der Waals surface area contributed by atoms with Crippen LogP contribution in [0, 0.1) is 0 Å². The van der Waals surface area contributed by atoms with E-state index in [1.165, 1.54) is 0 Å². The molecule has 1 amide bonds. The summed E-state index contributed by atoms with van der Waals surface area (Å²) in [6.45, 7) is 0.508. The van der Waals surface area contributed by atoms with E-state index in [9.17, 15) is 4.79 Å². The van der Waals surface area contributed by atoms with Crippen molar-refractivity contribution < 1.29 is 4.79 Å². The first kappa shape index (κ1) is 12.0. The van der Waals surface area contributed by atoms with Crippen molar-refractivity contribution in [1.82, 2.24) is 9.55 Å². The number of nitrogens with two attached hydrogens (primary N) is 2. The van der Waals surface area contributed by atoms with Gasteiger partial charge in [-0.3, -0.25) is 4.79 Å². The standard InChI is InChI=1S/C12H15N5O/c1-17-5-4-15-11(17)7-16-10-3-2-8(13)6-9(10)12(14)18/h2-6,16H,7,13H2,1H3,(H2,14,18). The molecule has 2 rings (SSSR count). The van der Waals surface area contributed by atoms with Gasteiger partial charge < -0.3 is 21.4 Å². The van der Waals surface area contributed by atoms with Crippen molar-refractivity contribution in [3.8, 4) is 0 Å². The van der Waals surface area contributed by atoms with E-state index in [0.717, 1.165) is 5.82 Å². The van der Waals surface area contributed by atoms with Gasteiger partial charge in [-0.25, -0.2) is 4.98 Å². The predicted octanol–water partition coefficient (Wildman–Crippen LogP) is 0.713. The molecule has 94 valence electrons. The maximum atomic E-state index is 11.3. The summed E-state index contributed by atoms with van der Waals surface area (Å²) in [4.78, 5) is 15.5. The third-order valence-corrected chi connectivity index (χ3v) is 2.67. The average molecular weight is 245 g/mol. The van der Waals surface area contributed by atoms with Crippen molar-refractivity contribution in [2.45, 2.75) is 6.54 Å². The summed E-state index contributed by atoms with van der Waals surface area (Å²) >= 11 is 0. The number of rotatable bonds is 4. The van der Waals surface area contributed by atoms with Gasteiger partial charge in [0.25, 0.3) is 5.91 Å². The molecular formula is C12H15N5O. The molecule has 18 heavy (non-hydrogen) atoms. The number of carbonyl (C=O) groups is 1. The van der Waals surface area contributed by atoms with Crippen LogP contribution in [-0.2, 0) is 13.6 Å². The average Bonchev–Trinajstić information content (AvgIpc) is 2.73. The number of aromatic nitrogens is 2. The number of amides is 1. The molecule has 0 aliphatic rings. The van der Waals surface area contributed by atoms with Gasteiger partial charge in [0.15, 0.2) is 0 Å². The summed E-state index contributed by atoms with van der Waals surface area (Å²) in [6.07, 6.45) is 3.57. The molecule has 1 aromatic carbocycles.